The molecular weight excluding hydrogens is 522 g/mol. The van der Waals surface area contributed by atoms with Crippen LogP contribution in [0.2, 0.25) is 0 Å². The predicted molar refractivity (Wildman–Crippen MR) is 138 cm³/mol. The fourth-order valence-electron chi connectivity index (χ4n) is 5.53. The first-order valence-corrected chi connectivity index (χ1v) is 13.2. The van der Waals surface area contributed by atoms with Gasteiger partial charge >= 0.3 is 12.0 Å². The van der Waals surface area contributed by atoms with Crippen LogP contribution in [-0.2, 0) is 30.2 Å². The van der Waals surface area contributed by atoms with Gasteiger partial charge in [-0.05, 0) is 25.3 Å². The third kappa shape index (κ3) is 4.74. The van der Waals surface area contributed by atoms with Gasteiger partial charge in [-0.1, -0.05) is 30.3 Å². The first-order chi connectivity index (χ1) is 19.4. The summed E-state index contributed by atoms with van der Waals surface area (Å²) in [5.41, 5.74) is 1.69. The van der Waals surface area contributed by atoms with Crippen LogP contribution in [0.25, 0.3) is 11.2 Å². The van der Waals surface area contributed by atoms with Crippen LogP contribution in [-0.4, -0.2) is 91.2 Å². The first kappa shape index (κ1) is 26.1. The highest BCUT2D eigenvalue weighted by atomic mass is 16.8. The number of anilines is 1. The Bertz CT molecular complexity index is 1420. The van der Waals surface area contributed by atoms with Crippen LogP contribution >= 0.6 is 0 Å². The van der Waals surface area contributed by atoms with Crippen molar-refractivity contribution < 1.29 is 33.7 Å². The maximum atomic E-state index is 13.7. The van der Waals surface area contributed by atoms with E-state index in [2.05, 4.69) is 25.6 Å². The minimum Gasteiger partial charge on any atom is -0.480 e. The number of benzene rings is 1. The van der Waals surface area contributed by atoms with E-state index >= 15 is 0 Å². The van der Waals surface area contributed by atoms with Crippen molar-refractivity contribution in [2.45, 2.75) is 63.1 Å². The zero-order chi connectivity index (χ0) is 27.8. The molecule has 3 fully saturated rings. The van der Waals surface area contributed by atoms with Crippen LogP contribution < -0.4 is 10.6 Å². The number of amides is 3. The molecule has 0 radical (unpaired) electrons. The number of imidazole rings is 1. The second-order valence-corrected chi connectivity index (χ2v) is 9.83. The molecule has 3 aliphatic heterocycles. The van der Waals surface area contributed by atoms with Crippen LogP contribution in [0, 0.1) is 0 Å². The SMILES string of the molecule is CCNC(=O)Nc1ncnc2c1ncn2C1O[C@H](C(=O)N2CCCC2C(=O)O)C2OC(Cc3ccccc3)OC21. The summed E-state index contributed by atoms with van der Waals surface area (Å²) < 4.78 is 20.5. The number of carbonyl (C=O) groups is 3. The van der Waals surface area contributed by atoms with E-state index in [1.54, 1.807) is 11.5 Å². The fraction of sp³-hybridized carbons (Fsp3) is 0.462. The molecule has 3 aromatic rings. The molecule has 1 aromatic carbocycles. The summed E-state index contributed by atoms with van der Waals surface area (Å²) >= 11 is 0. The molecule has 6 atom stereocenters. The molecule has 3 saturated heterocycles. The molecule has 0 aliphatic carbocycles. The summed E-state index contributed by atoms with van der Waals surface area (Å²) in [5.74, 6) is -1.29. The molecule has 5 heterocycles. The van der Waals surface area contributed by atoms with Gasteiger partial charge < -0.3 is 29.5 Å². The van der Waals surface area contributed by atoms with E-state index in [1.165, 1.54) is 17.6 Å². The van der Waals surface area contributed by atoms with Crippen molar-refractivity contribution in [3.05, 3.63) is 48.5 Å². The quantitative estimate of drug-likeness (QED) is 0.389. The number of carbonyl (C=O) groups excluding carboxylic acids is 2. The van der Waals surface area contributed by atoms with Crippen LogP contribution in [0.5, 0.6) is 0 Å². The number of urea groups is 1. The highest BCUT2D eigenvalue weighted by molar-refractivity contribution is 5.95. The Labute approximate surface area is 228 Å². The highest BCUT2D eigenvalue weighted by Gasteiger charge is 2.57. The normalized spacial score (nSPS) is 27.6. The van der Waals surface area contributed by atoms with E-state index in [4.69, 9.17) is 14.2 Å². The van der Waals surface area contributed by atoms with E-state index in [0.717, 1.165) is 5.56 Å². The lowest BCUT2D eigenvalue weighted by Crippen LogP contribution is -2.49. The molecule has 14 nitrogen and oxygen atoms in total. The molecule has 0 spiro atoms. The average molecular weight is 552 g/mol. The lowest BCUT2D eigenvalue weighted by atomic mass is 10.1. The molecule has 3 N–H and O–H groups in total. The van der Waals surface area contributed by atoms with Crippen LogP contribution in [0.15, 0.2) is 43.0 Å². The second-order valence-electron chi connectivity index (χ2n) is 9.83. The van der Waals surface area contributed by atoms with Crippen molar-refractivity contribution in [3.8, 4) is 0 Å². The topological polar surface area (TPSA) is 170 Å². The Morgan fingerprint density at radius 3 is 2.65 bits per heavy atom. The zero-order valence-corrected chi connectivity index (χ0v) is 21.7. The molecular formula is C26H29N7O7. The zero-order valence-electron chi connectivity index (χ0n) is 21.7. The molecule has 3 aliphatic rings. The number of hydrogen-bond acceptors (Lipinski definition) is 9. The average Bonchev–Trinajstić information content (AvgIpc) is 3.72. The highest BCUT2D eigenvalue weighted by Crippen LogP contribution is 2.42. The Balaban J connectivity index is 1.31. The molecule has 2 aromatic heterocycles. The number of carboxylic acids is 1. The van der Waals surface area contributed by atoms with Gasteiger partial charge in [-0.25, -0.2) is 24.5 Å². The smallest absolute Gasteiger partial charge is 0.326 e. The van der Waals surface area contributed by atoms with Crippen molar-refractivity contribution >= 4 is 34.9 Å². The van der Waals surface area contributed by atoms with Gasteiger partial charge in [0.15, 0.2) is 35.6 Å². The number of aromatic nitrogens is 4. The van der Waals surface area contributed by atoms with Gasteiger partial charge in [-0.3, -0.25) is 14.7 Å². The molecule has 210 valence electrons. The lowest BCUT2D eigenvalue weighted by molar-refractivity contribution is -0.170. The summed E-state index contributed by atoms with van der Waals surface area (Å²) in [6.45, 7) is 2.55. The van der Waals surface area contributed by atoms with Gasteiger partial charge in [0, 0.05) is 19.5 Å². The van der Waals surface area contributed by atoms with Crippen molar-refractivity contribution in [1.82, 2.24) is 29.7 Å². The molecule has 0 bridgehead atoms. The Hall–Kier alpha value is -4.14. The largest absolute Gasteiger partial charge is 0.480 e. The number of nitrogens with one attached hydrogen (secondary N) is 2. The monoisotopic (exact) mass is 551 g/mol. The first-order valence-electron chi connectivity index (χ1n) is 13.2. The molecule has 5 unspecified atom stereocenters. The van der Waals surface area contributed by atoms with Crippen LogP contribution in [0.4, 0.5) is 10.6 Å². The van der Waals surface area contributed by atoms with Crippen molar-refractivity contribution in [2.24, 2.45) is 0 Å². The maximum Gasteiger partial charge on any atom is 0.326 e. The number of ether oxygens (including phenoxy) is 3. The van der Waals surface area contributed by atoms with Gasteiger partial charge in [0.1, 0.15) is 24.6 Å². The Kier molecular flexibility index (Phi) is 7.04. The van der Waals surface area contributed by atoms with Gasteiger partial charge in [0.2, 0.25) is 0 Å². The standard InChI is InChI=1S/C26H29N7O7/c1-2-27-26(37)31-21-17-22(29-12-28-21)33(13-30-17)24-20-18(38-16(39-20)11-14-7-4-3-5-8-14)19(40-24)23(34)32-10-6-9-15(32)25(35)36/h3-5,7-8,12-13,15-16,18-20,24H,2,6,9-11H2,1H3,(H,35,36)(H2,27,28,29,31,37)/t15?,16?,18?,19-,20?,24?/m0/s1. The molecule has 0 saturated carbocycles. The second kappa shape index (κ2) is 10.8. The van der Waals surface area contributed by atoms with Crippen LogP contribution in [0.1, 0.15) is 31.6 Å². The molecule has 40 heavy (non-hydrogen) atoms. The Morgan fingerprint density at radius 2 is 1.88 bits per heavy atom. The number of fused-ring (bicyclic) bond motifs is 2. The van der Waals surface area contributed by atoms with E-state index in [-0.39, 0.29) is 5.82 Å². The van der Waals surface area contributed by atoms with Crippen molar-refractivity contribution in [2.75, 3.05) is 18.4 Å². The number of carboxylic acid groups (broad SMARTS) is 1. The molecule has 3 amide bonds. The third-order valence-corrected chi connectivity index (χ3v) is 7.32. The third-order valence-electron chi connectivity index (χ3n) is 7.32. The minimum atomic E-state index is -1.09. The number of hydrogen-bond donors (Lipinski definition) is 3. The summed E-state index contributed by atoms with van der Waals surface area (Å²) in [6.07, 6.45) is 0.113. The van der Waals surface area contributed by atoms with Gasteiger partial charge in [-0.15, -0.1) is 0 Å². The van der Waals surface area contributed by atoms with E-state index in [9.17, 15) is 19.5 Å². The summed E-state index contributed by atoms with van der Waals surface area (Å²) in [6, 6.07) is 8.34. The fourth-order valence-corrected chi connectivity index (χ4v) is 5.53. The summed E-state index contributed by atoms with van der Waals surface area (Å²) in [5, 5.41) is 15.0. The maximum absolute atomic E-state index is 13.7. The summed E-state index contributed by atoms with van der Waals surface area (Å²) in [7, 11) is 0. The Morgan fingerprint density at radius 1 is 1.07 bits per heavy atom. The van der Waals surface area contributed by atoms with E-state index < -0.39 is 54.8 Å². The van der Waals surface area contributed by atoms with Crippen molar-refractivity contribution in [3.63, 3.8) is 0 Å². The number of rotatable bonds is 7. The molecule has 6 rings (SSSR count). The van der Waals surface area contributed by atoms with E-state index in [1.807, 2.05) is 30.3 Å². The van der Waals surface area contributed by atoms with Gasteiger partial charge in [0.25, 0.3) is 5.91 Å². The van der Waals surface area contributed by atoms with E-state index in [0.29, 0.717) is 43.5 Å². The predicted octanol–water partition coefficient (Wildman–Crippen LogP) is 1.29. The molecule has 14 heteroatoms. The lowest BCUT2D eigenvalue weighted by Gasteiger charge is -2.27. The van der Waals surface area contributed by atoms with Crippen molar-refractivity contribution in [1.29, 1.82) is 0 Å². The number of nitrogens with zero attached hydrogens (tertiary/aromatic N) is 5. The minimum absolute atomic E-state index is 0.212. The van der Waals surface area contributed by atoms with Gasteiger partial charge in [0.05, 0.1) is 6.33 Å². The number of likely N-dealkylation sites (tertiary alicyclic amines) is 1. The van der Waals surface area contributed by atoms with Crippen LogP contribution in [0.3, 0.4) is 0 Å². The van der Waals surface area contributed by atoms with Gasteiger partial charge in [-0.2, -0.15) is 0 Å². The number of aliphatic carboxylic acids is 1. The summed E-state index contributed by atoms with van der Waals surface area (Å²) in [4.78, 5) is 51.9.